The predicted molar refractivity (Wildman–Crippen MR) is 246 cm³/mol. The first-order valence-corrected chi connectivity index (χ1v) is 23.4. The quantitative estimate of drug-likeness (QED) is 0.0653. The number of hydrogen-bond donors (Lipinski definition) is 4. The number of benzene rings is 4. The van der Waals surface area contributed by atoms with Crippen molar-refractivity contribution in [3.05, 3.63) is 117 Å². The number of nitrogens with zero attached hydrogens (tertiary/aromatic N) is 4. The van der Waals surface area contributed by atoms with Gasteiger partial charge in [0.1, 0.15) is 17.0 Å². The lowest BCUT2D eigenvalue weighted by Gasteiger charge is -2.39. The summed E-state index contributed by atoms with van der Waals surface area (Å²) in [4.78, 5) is 37.2. The van der Waals surface area contributed by atoms with E-state index in [-0.39, 0.29) is 28.3 Å². The molecule has 1 aromatic heterocycles. The van der Waals surface area contributed by atoms with Gasteiger partial charge in [-0.15, -0.1) is 0 Å². The van der Waals surface area contributed by atoms with Crippen molar-refractivity contribution in [1.29, 1.82) is 0 Å². The molecule has 16 heteroatoms. The van der Waals surface area contributed by atoms with E-state index in [1.54, 1.807) is 30.3 Å². The molecule has 0 atom stereocenters. The zero-order valence-electron chi connectivity index (χ0n) is 35.8. The molecule has 14 nitrogen and oxygen atoms in total. The standard InChI is InChI=1S/C47H54ClN7O7S/c1-46(2)18-17-33(38(27-46)32-7-9-34(48)10-8-32)29-53-21-23-54(24-22-53)35-11-13-37(43(25-35)62-42-6-4-5-40-44(42)51-30-50-40)45(56)52-63(60,61)36-12-14-39(41(26-36)55(58)59)49-28-31-15-19-47(3,57)20-16-31/h4-14,25-26,30-31,49,57H,15-24,27-29H2,1-3H3,(H,50,51)(H,52,56)/t31-,47-. The zero-order valence-corrected chi connectivity index (χ0v) is 37.4. The van der Waals surface area contributed by atoms with Gasteiger partial charge in [-0.25, -0.2) is 18.1 Å². The molecule has 4 aromatic carbocycles. The van der Waals surface area contributed by atoms with Crippen LogP contribution in [0.3, 0.4) is 0 Å². The lowest BCUT2D eigenvalue weighted by Crippen LogP contribution is -2.47. The zero-order chi connectivity index (χ0) is 44.5. The van der Waals surface area contributed by atoms with Crippen molar-refractivity contribution >= 4 is 61.2 Å². The number of nitro benzene ring substituents is 1. The van der Waals surface area contributed by atoms with Crippen LogP contribution in [0, 0.1) is 21.4 Å². The van der Waals surface area contributed by atoms with E-state index in [4.69, 9.17) is 16.3 Å². The highest BCUT2D eigenvalue weighted by Gasteiger charge is 2.32. The summed E-state index contributed by atoms with van der Waals surface area (Å²) >= 11 is 6.24. The number of aliphatic hydroxyl groups is 1. The number of fused-ring (bicyclic) bond motifs is 1. The van der Waals surface area contributed by atoms with Crippen molar-refractivity contribution in [3.8, 4) is 11.5 Å². The molecule has 1 saturated carbocycles. The Morgan fingerprint density at radius 3 is 2.46 bits per heavy atom. The maximum absolute atomic E-state index is 14.0. The average molecular weight is 897 g/mol. The number of aromatic amines is 1. The molecule has 0 spiro atoms. The maximum atomic E-state index is 14.0. The van der Waals surface area contributed by atoms with E-state index in [9.17, 15) is 28.4 Å². The molecule has 63 heavy (non-hydrogen) atoms. The lowest BCUT2D eigenvalue weighted by molar-refractivity contribution is -0.384. The van der Waals surface area contributed by atoms with Crippen LogP contribution in [-0.4, -0.2) is 84.1 Å². The van der Waals surface area contributed by atoms with Crippen LogP contribution in [0.4, 0.5) is 17.1 Å². The van der Waals surface area contributed by atoms with Crippen LogP contribution < -0.4 is 19.7 Å². The number of amides is 1. The molecule has 4 N–H and O–H groups in total. The lowest BCUT2D eigenvalue weighted by atomic mass is 9.72. The van der Waals surface area contributed by atoms with E-state index in [1.807, 2.05) is 25.1 Å². The molecule has 2 fully saturated rings. The second-order valence-corrected chi connectivity index (χ2v) is 20.3. The van der Waals surface area contributed by atoms with Gasteiger partial charge in [0.05, 0.1) is 32.8 Å². The van der Waals surface area contributed by atoms with Crippen molar-refractivity contribution in [1.82, 2.24) is 19.6 Å². The number of allylic oxidation sites excluding steroid dienone is 1. The van der Waals surface area contributed by atoms with Gasteiger partial charge in [-0.05, 0) is 123 Å². The van der Waals surface area contributed by atoms with Crippen LogP contribution in [0.15, 0.2) is 95.7 Å². The van der Waals surface area contributed by atoms with E-state index in [1.165, 1.54) is 35.2 Å². The third-order valence-electron chi connectivity index (χ3n) is 12.8. The Hall–Kier alpha value is -5.48. The number of hydrogen-bond acceptors (Lipinski definition) is 11. The molecule has 1 saturated heterocycles. The minimum Gasteiger partial charge on any atom is -0.454 e. The summed E-state index contributed by atoms with van der Waals surface area (Å²) in [5, 5.41) is 26.3. The number of H-pyrrole nitrogens is 1. The molecule has 0 radical (unpaired) electrons. The number of nitrogens with one attached hydrogen (secondary N) is 3. The Labute approximate surface area is 372 Å². The van der Waals surface area contributed by atoms with Gasteiger partial charge in [-0.3, -0.25) is 19.8 Å². The fourth-order valence-corrected chi connectivity index (χ4v) is 10.1. The summed E-state index contributed by atoms with van der Waals surface area (Å²) in [6, 6.07) is 22.1. The highest BCUT2D eigenvalue weighted by molar-refractivity contribution is 7.90. The molecule has 1 amide bonds. The largest absolute Gasteiger partial charge is 0.454 e. The predicted octanol–water partition coefficient (Wildman–Crippen LogP) is 9.17. The summed E-state index contributed by atoms with van der Waals surface area (Å²) in [7, 11) is -4.58. The van der Waals surface area contributed by atoms with Crippen LogP contribution in [-0.2, 0) is 10.0 Å². The van der Waals surface area contributed by atoms with Crippen molar-refractivity contribution < 1.29 is 28.0 Å². The minimum absolute atomic E-state index is 0.0466. The second kappa shape index (κ2) is 17.9. The van der Waals surface area contributed by atoms with Gasteiger partial charge >= 0.3 is 0 Å². The topological polar surface area (TPSA) is 183 Å². The summed E-state index contributed by atoms with van der Waals surface area (Å²) < 4.78 is 36.0. The number of imidazole rings is 1. The van der Waals surface area contributed by atoms with Crippen molar-refractivity contribution in [3.63, 3.8) is 0 Å². The number of aromatic nitrogens is 2. The Balaban J connectivity index is 1.00. The normalized spacial score (nSPS) is 20.7. The summed E-state index contributed by atoms with van der Waals surface area (Å²) in [5.74, 6) is -0.276. The maximum Gasteiger partial charge on any atom is 0.293 e. The van der Waals surface area contributed by atoms with Crippen molar-refractivity contribution in [2.24, 2.45) is 11.3 Å². The number of carbonyl (C=O) groups excluding carboxylic acids is 1. The number of ether oxygens (including phenoxy) is 1. The number of carbonyl (C=O) groups is 1. The Morgan fingerprint density at radius 1 is 0.984 bits per heavy atom. The van der Waals surface area contributed by atoms with E-state index >= 15 is 0 Å². The van der Waals surface area contributed by atoms with Gasteiger partial charge in [0.25, 0.3) is 21.6 Å². The SMILES string of the molecule is CC1(C)CCC(CN2CCN(c3ccc(C(=O)NS(=O)(=O)c4ccc(NC[C@H]5CC[C@](C)(O)CC5)c([N+](=O)[O-])c4)c(Oc4cccc5[nH]cnc45)c3)CC2)=C(c2ccc(Cl)cc2)C1. The third kappa shape index (κ3) is 10.3. The fourth-order valence-electron chi connectivity index (χ4n) is 8.99. The van der Waals surface area contributed by atoms with Crippen molar-refractivity contribution in [2.75, 3.05) is 49.5 Å². The van der Waals surface area contributed by atoms with Gasteiger partial charge in [0.15, 0.2) is 5.75 Å². The summed E-state index contributed by atoms with van der Waals surface area (Å²) in [5.41, 5.74) is 5.35. The fraction of sp³-hybridized carbons (Fsp3) is 0.404. The van der Waals surface area contributed by atoms with E-state index in [0.717, 1.165) is 87.1 Å². The number of piperazine rings is 1. The first-order chi connectivity index (χ1) is 30.0. The molecule has 0 unspecified atom stereocenters. The van der Waals surface area contributed by atoms with Crippen molar-refractivity contribution in [2.45, 2.75) is 76.2 Å². The van der Waals surface area contributed by atoms with Crippen LogP contribution in [0.2, 0.25) is 5.02 Å². The smallest absolute Gasteiger partial charge is 0.293 e. The molecule has 2 heterocycles. The molecule has 2 aliphatic carbocycles. The van der Waals surface area contributed by atoms with Gasteiger partial charge in [0, 0.05) is 62.1 Å². The first kappa shape index (κ1) is 44.1. The van der Waals surface area contributed by atoms with Gasteiger partial charge in [-0.2, -0.15) is 0 Å². The van der Waals surface area contributed by atoms with Gasteiger partial charge in [-0.1, -0.05) is 49.2 Å². The molecular formula is C47H54ClN7O7S. The molecule has 8 rings (SSSR count). The number of para-hydroxylation sites is 1. The van der Waals surface area contributed by atoms with Gasteiger partial charge < -0.3 is 25.0 Å². The van der Waals surface area contributed by atoms with Crippen LogP contribution in [0.1, 0.15) is 81.6 Å². The minimum atomic E-state index is -4.58. The van der Waals surface area contributed by atoms with E-state index in [0.29, 0.717) is 30.7 Å². The molecule has 1 aliphatic heterocycles. The number of rotatable bonds is 13. The third-order valence-corrected chi connectivity index (χ3v) is 14.4. The monoisotopic (exact) mass is 895 g/mol. The number of halogens is 1. The highest BCUT2D eigenvalue weighted by Crippen LogP contribution is 2.44. The summed E-state index contributed by atoms with van der Waals surface area (Å²) in [6.07, 6.45) is 7.51. The first-order valence-electron chi connectivity index (χ1n) is 21.5. The van der Waals surface area contributed by atoms with Crippen LogP contribution in [0.5, 0.6) is 11.5 Å². The average Bonchev–Trinajstić information content (AvgIpc) is 3.74. The Kier molecular flexibility index (Phi) is 12.6. The molecule has 3 aliphatic rings. The number of sulfonamides is 1. The number of anilines is 2. The number of nitro groups is 1. The highest BCUT2D eigenvalue weighted by atomic mass is 35.5. The van der Waals surface area contributed by atoms with Crippen LogP contribution >= 0.6 is 11.6 Å². The molecular weight excluding hydrogens is 842 g/mol. The molecule has 332 valence electrons. The molecule has 0 bridgehead atoms. The Morgan fingerprint density at radius 2 is 1.73 bits per heavy atom. The van der Waals surface area contributed by atoms with E-state index in [2.05, 4.69) is 55.8 Å². The van der Waals surface area contributed by atoms with E-state index < -0.39 is 37.0 Å². The van der Waals surface area contributed by atoms with Crippen LogP contribution in [0.25, 0.3) is 16.6 Å². The van der Waals surface area contributed by atoms with Gasteiger partial charge in [0.2, 0.25) is 0 Å². The molecule has 5 aromatic rings. The second-order valence-electron chi connectivity index (χ2n) is 18.2. The summed E-state index contributed by atoms with van der Waals surface area (Å²) in [6.45, 7) is 10.8. The Bertz CT molecular complexity index is 2650.